The molecule has 0 fully saturated rings. The minimum absolute atomic E-state index is 0.135. The Balaban J connectivity index is 2.89. The van der Waals surface area contributed by atoms with Gasteiger partial charge in [-0.1, -0.05) is 12.1 Å². The Morgan fingerprint density at radius 3 is 2.16 bits per heavy atom. The van der Waals surface area contributed by atoms with Gasteiger partial charge in [0.2, 0.25) is 0 Å². The number of ether oxygens (including phenoxy) is 1. The predicted molar refractivity (Wildman–Crippen MR) is 81.9 cm³/mol. The van der Waals surface area contributed by atoms with Crippen LogP contribution in [0.25, 0.3) is 0 Å². The second kappa shape index (κ2) is 6.40. The predicted octanol–water partition coefficient (Wildman–Crippen LogP) is 2.74. The van der Waals surface area contributed by atoms with Crippen molar-refractivity contribution in [2.24, 2.45) is 0 Å². The van der Waals surface area contributed by atoms with Crippen molar-refractivity contribution in [3.05, 3.63) is 28.8 Å². The zero-order chi connectivity index (χ0) is 14.6. The van der Waals surface area contributed by atoms with Crippen LogP contribution in [0.4, 0.5) is 0 Å². The first-order chi connectivity index (χ1) is 8.81. The molecule has 108 valence electrons. The molecule has 0 saturated heterocycles. The molecule has 0 atom stereocenters. The first-order valence-corrected chi connectivity index (χ1v) is 6.81. The maximum absolute atomic E-state index is 5.42. The van der Waals surface area contributed by atoms with Crippen LogP contribution < -0.4 is 10.1 Å². The van der Waals surface area contributed by atoms with Gasteiger partial charge >= 0.3 is 0 Å². The lowest BCUT2D eigenvalue weighted by Gasteiger charge is -2.35. The lowest BCUT2D eigenvalue weighted by molar-refractivity contribution is 0.147. The highest BCUT2D eigenvalue weighted by molar-refractivity contribution is 5.43. The molecule has 19 heavy (non-hydrogen) atoms. The smallest absolute Gasteiger partial charge is 0.124 e. The van der Waals surface area contributed by atoms with E-state index in [-0.39, 0.29) is 5.54 Å². The van der Waals surface area contributed by atoms with E-state index < -0.39 is 0 Å². The van der Waals surface area contributed by atoms with Crippen LogP contribution in [0.1, 0.15) is 30.5 Å². The summed E-state index contributed by atoms with van der Waals surface area (Å²) in [4.78, 5) is 2.38. The molecule has 1 rings (SSSR count). The van der Waals surface area contributed by atoms with Gasteiger partial charge in [-0.25, -0.2) is 0 Å². The highest BCUT2D eigenvalue weighted by Gasteiger charge is 2.22. The van der Waals surface area contributed by atoms with Gasteiger partial charge in [0, 0.05) is 18.6 Å². The normalized spacial score (nSPS) is 12.0. The zero-order valence-corrected chi connectivity index (χ0v) is 13.4. The van der Waals surface area contributed by atoms with Gasteiger partial charge in [-0.3, -0.25) is 4.90 Å². The first kappa shape index (κ1) is 16.0. The fourth-order valence-electron chi connectivity index (χ4n) is 2.51. The number of aryl methyl sites for hydroxylation is 2. The Hall–Kier alpha value is -1.06. The molecule has 0 aliphatic heterocycles. The van der Waals surface area contributed by atoms with Gasteiger partial charge in [0.05, 0.1) is 7.11 Å². The van der Waals surface area contributed by atoms with E-state index in [9.17, 15) is 0 Å². The van der Waals surface area contributed by atoms with Crippen molar-refractivity contribution in [2.75, 3.05) is 27.7 Å². The van der Waals surface area contributed by atoms with Crippen LogP contribution in [0.2, 0.25) is 0 Å². The largest absolute Gasteiger partial charge is 0.496 e. The molecule has 0 radical (unpaired) electrons. The SMILES string of the molecule is CNCC(C)(C)N(C)Cc1cc(C)c(OC)c(C)c1. The minimum Gasteiger partial charge on any atom is -0.496 e. The number of methoxy groups -OCH3 is 1. The summed E-state index contributed by atoms with van der Waals surface area (Å²) in [6.07, 6.45) is 0. The molecule has 0 unspecified atom stereocenters. The van der Waals surface area contributed by atoms with Crippen molar-refractivity contribution in [3.8, 4) is 5.75 Å². The average molecular weight is 264 g/mol. The van der Waals surface area contributed by atoms with E-state index in [0.717, 1.165) is 18.8 Å². The Bertz CT molecular complexity index is 404. The summed E-state index contributed by atoms with van der Waals surface area (Å²) < 4.78 is 5.42. The third kappa shape index (κ3) is 3.95. The summed E-state index contributed by atoms with van der Waals surface area (Å²) in [5.41, 5.74) is 3.88. The zero-order valence-electron chi connectivity index (χ0n) is 13.4. The topological polar surface area (TPSA) is 24.5 Å². The molecular formula is C16H28N2O. The number of nitrogens with zero attached hydrogens (tertiary/aromatic N) is 1. The molecule has 1 aromatic carbocycles. The molecule has 0 heterocycles. The Kier molecular flexibility index (Phi) is 5.39. The number of likely N-dealkylation sites (N-methyl/N-ethyl adjacent to an activating group) is 2. The van der Waals surface area contributed by atoms with Gasteiger partial charge in [0.25, 0.3) is 0 Å². The van der Waals surface area contributed by atoms with E-state index in [1.54, 1.807) is 7.11 Å². The minimum atomic E-state index is 0.135. The standard InChI is InChI=1S/C16H28N2O/c1-12-8-14(9-13(2)15(12)19-7)10-18(6)16(3,4)11-17-5/h8-9,17H,10-11H2,1-7H3. The molecule has 3 nitrogen and oxygen atoms in total. The maximum Gasteiger partial charge on any atom is 0.124 e. The molecule has 0 aliphatic carbocycles. The maximum atomic E-state index is 5.42. The van der Waals surface area contributed by atoms with Crippen LogP contribution in [0.5, 0.6) is 5.75 Å². The third-order valence-corrected chi connectivity index (χ3v) is 3.79. The Morgan fingerprint density at radius 1 is 1.21 bits per heavy atom. The summed E-state index contributed by atoms with van der Waals surface area (Å²) in [6, 6.07) is 4.44. The lowest BCUT2D eigenvalue weighted by Crippen LogP contribution is -2.47. The van der Waals surface area contributed by atoms with Crippen LogP contribution >= 0.6 is 0 Å². The lowest BCUT2D eigenvalue weighted by atomic mass is 10.0. The Morgan fingerprint density at radius 2 is 1.74 bits per heavy atom. The van der Waals surface area contributed by atoms with Gasteiger partial charge in [-0.05, 0) is 58.5 Å². The number of hydrogen-bond donors (Lipinski definition) is 1. The van der Waals surface area contributed by atoms with Crippen LogP contribution in [0.15, 0.2) is 12.1 Å². The third-order valence-electron chi connectivity index (χ3n) is 3.79. The molecule has 0 saturated carbocycles. The average Bonchev–Trinajstić information content (AvgIpc) is 2.28. The Labute approximate surface area is 118 Å². The molecule has 3 heteroatoms. The quantitative estimate of drug-likeness (QED) is 0.855. The number of nitrogens with one attached hydrogen (secondary N) is 1. The van der Waals surface area contributed by atoms with Gasteiger partial charge in [-0.15, -0.1) is 0 Å². The van der Waals surface area contributed by atoms with Crippen molar-refractivity contribution >= 4 is 0 Å². The van der Waals surface area contributed by atoms with E-state index in [1.165, 1.54) is 16.7 Å². The van der Waals surface area contributed by atoms with E-state index in [0.29, 0.717) is 0 Å². The number of benzene rings is 1. The fourth-order valence-corrected chi connectivity index (χ4v) is 2.51. The van der Waals surface area contributed by atoms with E-state index in [4.69, 9.17) is 4.74 Å². The molecule has 0 aliphatic rings. The summed E-state index contributed by atoms with van der Waals surface area (Å²) in [5.74, 6) is 1.00. The monoisotopic (exact) mass is 264 g/mol. The van der Waals surface area contributed by atoms with Gasteiger partial charge in [-0.2, -0.15) is 0 Å². The summed E-state index contributed by atoms with van der Waals surface area (Å²) in [5, 5.41) is 3.25. The second-order valence-electron chi connectivity index (χ2n) is 5.96. The van der Waals surface area contributed by atoms with Crippen LogP contribution in [-0.4, -0.2) is 38.2 Å². The van der Waals surface area contributed by atoms with Crippen molar-refractivity contribution in [1.82, 2.24) is 10.2 Å². The van der Waals surface area contributed by atoms with E-state index in [1.807, 2.05) is 7.05 Å². The highest BCUT2D eigenvalue weighted by atomic mass is 16.5. The molecular weight excluding hydrogens is 236 g/mol. The number of rotatable bonds is 6. The fraction of sp³-hybridized carbons (Fsp3) is 0.625. The highest BCUT2D eigenvalue weighted by Crippen LogP contribution is 2.25. The summed E-state index contributed by atoms with van der Waals surface area (Å²) in [7, 11) is 5.90. The summed E-state index contributed by atoms with van der Waals surface area (Å²) in [6.45, 7) is 10.6. The first-order valence-electron chi connectivity index (χ1n) is 6.81. The molecule has 0 amide bonds. The van der Waals surface area contributed by atoms with Crippen molar-refractivity contribution in [1.29, 1.82) is 0 Å². The van der Waals surface area contributed by atoms with Crippen molar-refractivity contribution < 1.29 is 4.74 Å². The number of hydrogen-bond acceptors (Lipinski definition) is 3. The van der Waals surface area contributed by atoms with E-state index in [2.05, 4.69) is 57.1 Å². The van der Waals surface area contributed by atoms with Gasteiger partial charge in [0.15, 0.2) is 0 Å². The van der Waals surface area contributed by atoms with Crippen LogP contribution in [0, 0.1) is 13.8 Å². The van der Waals surface area contributed by atoms with Gasteiger partial charge in [0.1, 0.15) is 5.75 Å². The van der Waals surface area contributed by atoms with Crippen molar-refractivity contribution in [3.63, 3.8) is 0 Å². The molecule has 1 N–H and O–H groups in total. The van der Waals surface area contributed by atoms with Gasteiger partial charge < -0.3 is 10.1 Å². The second-order valence-corrected chi connectivity index (χ2v) is 5.96. The van der Waals surface area contributed by atoms with E-state index >= 15 is 0 Å². The van der Waals surface area contributed by atoms with Crippen LogP contribution in [0.3, 0.4) is 0 Å². The van der Waals surface area contributed by atoms with Crippen molar-refractivity contribution in [2.45, 2.75) is 39.8 Å². The molecule has 0 bridgehead atoms. The summed E-state index contributed by atoms with van der Waals surface area (Å²) >= 11 is 0. The molecule has 0 spiro atoms. The van der Waals surface area contributed by atoms with Crippen LogP contribution in [-0.2, 0) is 6.54 Å². The molecule has 1 aromatic rings. The molecule has 0 aromatic heterocycles.